The molecule has 12 heteroatoms. The van der Waals surface area contributed by atoms with E-state index < -0.39 is 17.5 Å². The van der Waals surface area contributed by atoms with Gasteiger partial charge in [-0.15, -0.1) is 0 Å². The van der Waals surface area contributed by atoms with E-state index in [2.05, 4.69) is 45.8 Å². The quantitative estimate of drug-likeness (QED) is 0.254. The zero-order valence-corrected chi connectivity index (χ0v) is 22.0. The first kappa shape index (κ1) is 26.5. The van der Waals surface area contributed by atoms with Gasteiger partial charge in [-0.2, -0.15) is 5.10 Å². The van der Waals surface area contributed by atoms with Gasteiger partial charge in [0.05, 0.1) is 11.9 Å². The van der Waals surface area contributed by atoms with Crippen molar-refractivity contribution in [2.45, 2.75) is 33.7 Å². The van der Waals surface area contributed by atoms with Crippen molar-refractivity contribution >= 4 is 17.5 Å². The first-order valence-electron chi connectivity index (χ1n) is 12.5. The number of hydrogen-bond donors (Lipinski definition) is 3. The van der Waals surface area contributed by atoms with Crippen molar-refractivity contribution in [1.29, 1.82) is 0 Å². The summed E-state index contributed by atoms with van der Waals surface area (Å²) in [6.07, 6.45) is 4.87. The van der Waals surface area contributed by atoms with Crippen molar-refractivity contribution in [3.8, 4) is 22.6 Å². The number of rotatable bonds is 8. The molecule has 0 saturated heterocycles. The van der Waals surface area contributed by atoms with E-state index in [4.69, 9.17) is 0 Å². The van der Waals surface area contributed by atoms with Gasteiger partial charge >= 0.3 is 0 Å². The second kappa shape index (κ2) is 11.3. The Bertz CT molecular complexity index is 1690. The molecule has 0 atom stereocenters. The number of nitrogens with one attached hydrogen (secondary N) is 3. The third-order valence-electron chi connectivity index (χ3n) is 6.04. The maximum absolute atomic E-state index is 15.0. The van der Waals surface area contributed by atoms with E-state index in [0.717, 1.165) is 18.3 Å². The van der Waals surface area contributed by atoms with E-state index in [1.807, 2.05) is 13.0 Å². The van der Waals surface area contributed by atoms with Gasteiger partial charge in [-0.3, -0.25) is 19.9 Å². The van der Waals surface area contributed by atoms with Gasteiger partial charge in [0.2, 0.25) is 0 Å². The zero-order chi connectivity index (χ0) is 28.2. The minimum absolute atomic E-state index is 0.0956. The highest BCUT2D eigenvalue weighted by molar-refractivity contribution is 5.92. The van der Waals surface area contributed by atoms with Crippen molar-refractivity contribution in [3.63, 3.8) is 0 Å². The lowest BCUT2D eigenvalue weighted by Crippen LogP contribution is -2.25. The number of aryl methyl sites for hydroxylation is 3. The molecule has 5 aromatic rings. The van der Waals surface area contributed by atoms with Gasteiger partial charge in [-0.05, 0) is 44.0 Å². The number of halogens is 2. The highest BCUT2D eigenvalue weighted by Gasteiger charge is 2.17. The van der Waals surface area contributed by atoms with Gasteiger partial charge in [-0.1, -0.05) is 13.0 Å². The first-order valence-corrected chi connectivity index (χ1v) is 12.5. The highest BCUT2D eigenvalue weighted by Crippen LogP contribution is 2.23. The fourth-order valence-corrected chi connectivity index (χ4v) is 3.95. The van der Waals surface area contributed by atoms with Crippen molar-refractivity contribution in [2.75, 3.05) is 5.32 Å². The Morgan fingerprint density at radius 3 is 2.52 bits per heavy atom. The third-order valence-corrected chi connectivity index (χ3v) is 6.04. The molecule has 0 unspecified atom stereocenters. The number of hydrogen-bond acceptors (Lipinski definition) is 8. The number of H-pyrrole nitrogens is 1. The summed E-state index contributed by atoms with van der Waals surface area (Å²) in [5.74, 6) is -0.606. The van der Waals surface area contributed by atoms with Crippen LogP contribution in [0.15, 0.2) is 55.0 Å². The number of carbonyl (C=O) groups excluding carboxylic acids is 1. The maximum Gasteiger partial charge on any atom is 0.273 e. The summed E-state index contributed by atoms with van der Waals surface area (Å²) in [6.45, 7) is 5.67. The molecule has 5 aromatic heterocycles. The van der Waals surface area contributed by atoms with Crippen LogP contribution in [0.5, 0.6) is 0 Å². The lowest BCUT2D eigenvalue weighted by molar-refractivity contribution is 0.0941. The van der Waals surface area contributed by atoms with E-state index in [0.29, 0.717) is 45.4 Å². The Balaban J connectivity index is 1.26. The average molecular weight is 542 g/mol. The molecule has 10 nitrogen and oxygen atoms in total. The van der Waals surface area contributed by atoms with Crippen molar-refractivity contribution in [2.24, 2.45) is 0 Å². The molecule has 0 aromatic carbocycles. The van der Waals surface area contributed by atoms with E-state index in [9.17, 15) is 13.6 Å². The lowest BCUT2D eigenvalue weighted by Gasteiger charge is -2.09. The topological polar surface area (TPSA) is 134 Å². The number of pyridine rings is 3. The van der Waals surface area contributed by atoms with Gasteiger partial charge in [0.15, 0.2) is 23.2 Å². The van der Waals surface area contributed by atoms with Crippen LogP contribution in [0.4, 0.5) is 20.4 Å². The highest BCUT2D eigenvalue weighted by atomic mass is 19.1. The van der Waals surface area contributed by atoms with Crippen LogP contribution in [-0.4, -0.2) is 41.0 Å². The normalized spacial score (nSPS) is 10.9. The van der Waals surface area contributed by atoms with Crippen LogP contribution in [0.3, 0.4) is 0 Å². The van der Waals surface area contributed by atoms with E-state index in [-0.39, 0.29) is 18.1 Å². The van der Waals surface area contributed by atoms with Crippen LogP contribution in [-0.2, 0) is 13.0 Å². The van der Waals surface area contributed by atoms with Crippen LogP contribution in [0, 0.1) is 25.5 Å². The number of carbonyl (C=O) groups is 1. The number of nitrogens with zero attached hydrogens (tertiary/aromatic N) is 6. The minimum Gasteiger partial charge on any atom is -0.346 e. The number of amides is 1. The molecule has 0 radical (unpaired) electrons. The second-order valence-corrected chi connectivity index (χ2v) is 9.05. The molecular formula is C28H25F2N9O. The van der Waals surface area contributed by atoms with Gasteiger partial charge < -0.3 is 10.6 Å². The zero-order valence-electron chi connectivity index (χ0n) is 22.0. The molecule has 3 N–H and O–H groups in total. The van der Waals surface area contributed by atoms with Crippen molar-refractivity contribution < 1.29 is 13.6 Å². The molecular weight excluding hydrogens is 516 g/mol. The Labute approximate surface area is 228 Å². The monoisotopic (exact) mass is 541 g/mol. The van der Waals surface area contributed by atoms with E-state index in [1.54, 1.807) is 38.2 Å². The summed E-state index contributed by atoms with van der Waals surface area (Å²) in [4.78, 5) is 33.9. The van der Waals surface area contributed by atoms with Gasteiger partial charge in [0.1, 0.15) is 11.6 Å². The summed E-state index contributed by atoms with van der Waals surface area (Å²) in [6, 6.07) is 9.61. The van der Waals surface area contributed by atoms with Crippen LogP contribution in [0.1, 0.15) is 40.1 Å². The van der Waals surface area contributed by atoms with E-state index >= 15 is 0 Å². The molecule has 40 heavy (non-hydrogen) atoms. The van der Waals surface area contributed by atoms with Crippen LogP contribution in [0.25, 0.3) is 22.6 Å². The lowest BCUT2D eigenvalue weighted by atomic mass is 10.1. The smallest absolute Gasteiger partial charge is 0.273 e. The fraction of sp³-hybridized carbons (Fsp3) is 0.179. The summed E-state index contributed by atoms with van der Waals surface area (Å²) < 4.78 is 28.5. The second-order valence-electron chi connectivity index (χ2n) is 9.05. The van der Waals surface area contributed by atoms with Gasteiger partial charge in [0, 0.05) is 59.3 Å². The molecule has 202 valence electrons. The molecule has 0 fully saturated rings. The van der Waals surface area contributed by atoms with Crippen LogP contribution in [0.2, 0.25) is 0 Å². The SMILES string of the molecule is CCc1cc(Nc2cc(C)nc(-c3cnc(C(=O)NCc4ccc(-c5cc(F)cnc5C)nc4)c(F)c3)n2)n[nH]1. The maximum atomic E-state index is 15.0. The number of aromatic amines is 1. The molecule has 0 saturated carbocycles. The van der Waals surface area contributed by atoms with Gasteiger partial charge in [0.25, 0.3) is 5.91 Å². The standard InChI is InChI=1S/C28H25F2N9O/c1-4-20-10-25(39-38-20)36-24-7-15(2)35-27(37-24)18-8-22(30)26(33-13-18)28(40)34-12-17-5-6-23(32-11-17)21-9-19(29)14-31-16(21)3/h5-11,13-14H,4,12H2,1-3H3,(H,34,40)(H2,35,36,37,38,39). The molecule has 0 aliphatic rings. The first-order chi connectivity index (χ1) is 19.3. The third kappa shape index (κ3) is 5.96. The Morgan fingerprint density at radius 2 is 1.80 bits per heavy atom. The summed E-state index contributed by atoms with van der Waals surface area (Å²) in [7, 11) is 0. The van der Waals surface area contributed by atoms with Crippen LogP contribution >= 0.6 is 0 Å². The number of anilines is 2. The Morgan fingerprint density at radius 1 is 0.950 bits per heavy atom. The molecule has 0 spiro atoms. The fourth-order valence-electron chi connectivity index (χ4n) is 3.95. The number of aromatic nitrogens is 7. The Hall–Kier alpha value is -5.13. The molecule has 0 aliphatic heterocycles. The minimum atomic E-state index is -0.808. The molecule has 1 amide bonds. The summed E-state index contributed by atoms with van der Waals surface area (Å²) in [5, 5.41) is 12.9. The summed E-state index contributed by atoms with van der Waals surface area (Å²) >= 11 is 0. The van der Waals surface area contributed by atoms with Crippen molar-refractivity contribution in [3.05, 3.63) is 95.0 Å². The van der Waals surface area contributed by atoms with Crippen molar-refractivity contribution in [1.82, 2.24) is 40.4 Å². The molecule has 5 rings (SSSR count). The summed E-state index contributed by atoms with van der Waals surface area (Å²) in [5.41, 5.74) is 4.04. The molecule has 0 bridgehead atoms. The molecule has 0 aliphatic carbocycles. The Kier molecular flexibility index (Phi) is 7.49. The predicted octanol–water partition coefficient (Wildman–Crippen LogP) is 4.85. The molecule has 5 heterocycles. The van der Waals surface area contributed by atoms with Crippen LogP contribution < -0.4 is 10.6 Å². The largest absolute Gasteiger partial charge is 0.346 e. The van der Waals surface area contributed by atoms with E-state index in [1.165, 1.54) is 18.3 Å². The van der Waals surface area contributed by atoms with Gasteiger partial charge in [-0.25, -0.2) is 23.7 Å². The predicted molar refractivity (Wildman–Crippen MR) is 145 cm³/mol. The average Bonchev–Trinajstić information content (AvgIpc) is 3.40.